The van der Waals surface area contributed by atoms with E-state index in [4.69, 9.17) is 0 Å². The number of carbonyl (C=O) groups is 1. The van der Waals surface area contributed by atoms with Crippen LogP contribution >= 0.6 is 0 Å². The molecule has 3 rings (SSSR count). The zero-order valence-corrected chi connectivity index (χ0v) is 13.9. The predicted octanol–water partition coefficient (Wildman–Crippen LogP) is 0.625. The number of hydrogen-bond acceptors (Lipinski definition) is 5. The highest BCUT2D eigenvalue weighted by Gasteiger charge is 2.21. The molecule has 0 aromatic carbocycles. The van der Waals surface area contributed by atoms with Gasteiger partial charge in [-0.05, 0) is 25.5 Å². The van der Waals surface area contributed by atoms with Crippen LogP contribution in [-0.4, -0.2) is 67.8 Å². The van der Waals surface area contributed by atoms with Gasteiger partial charge in [0.1, 0.15) is 5.82 Å². The number of aromatic nitrogens is 1. The Balaban J connectivity index is 1.64. The number of nitrogens with zero attached hydrogens (tertiary/aromatic N) is 3. The molecule has 0 aliphatic carbocycles. The Labute approximate surface area is 137 Å². The zero-order chi connectivity index (χ0) is 16.2. The Morgan fingerprint density at radius 3 is 2.78 bits per heavy atom. The molecule has 1 unspecified atom stereocenters. The number of piperazine rings is 2. The van der Waals surface area contributed by atoms with E-state index in [9.17, 15) is 4.79 Å². The first-order valence-electron chi connectivity index (χ1n) is 8.35. The van der Waals surface area contributed by atoms with Gasteiger partial charge in [-0.25, -0.2) is 9.78 Å². The Morgan fingerprint density at radius 2 is 2.09 bits per heavy atom. The van der Waals surface area contributed by atoms with Crippen molar-refractivity contribution in [3.63, 3.8) is 0 Å². The Hall–Kier alpha value is -1.86. The van der Waals surface area contributed by atoms with Crippen LogP contribution in [0.2, 0.25) is 0 Å². The van der Waals surface area contributed by atoms with Crippen molar-refractivity contribution in [2.75, 3.05) is 56.0 Å². The van der Waals surface area contributed by atoms with Gasteiger partial charge in [-0.3, -0.25) is 0 Å². The van der Waals surface area contributed by atoms with E-state index in [1.165, 1.54) is 0 Å². The lowest BCUT2D eigenvalue weighted by Gasteiger charge is -2.32. The largest absolute Gasteiger partial charge is 0.354 e. The lowest BCUT2D eigenvalue weighted by Crippen LogP contribution is -2.52. The molecule has 126 valence electrons. The number of urea groups is 1. The number of amides is 2. The Kier molecular flexibility index (Phi) is 4.97. The molecule has 23 heavy (non-hydrogen) atoms. The zero-order valence-electron chi connectivity index (χ0n) is 13.9. The van der Waals surface area contributed by atoms with Crippen LogP contribution in [-0.2, 0) is 0 Å². The third kappa shape index (κ3) is 3.92. The quantitative estimate of drug-likeness (QED) is 0.746. The molecule has 2 amide bonds. The molecule has 0 saturated carbocycles. The number of pyridine rings is 1. The van der Waals surface area contributed by atoms with Gasteiger partial charge in [0.15, 0.2) is 0 Å². The fourth-order valence-corrected chi connectivity index (χ4v) is 3.05. The summed E-state index contributed by atoms with van der Waals surface area (Å²) in [5.41, 5.74) is 1.84. The van der Waals surface area contributed by atoms with Crippen molar-refractivity contribution >= 4 is 17.5 Å². The van der Waals surface area contributed by atoms with Crippen LogP contribution in [0.15, 0.2) is 12.3 Å². The standard InChI is InChI=1S/C16H26N6O/c1-12-9-15(21-6-3-17-4-7-21)19-10-14(12)20-16(23)22-8-5-18-13(2)11-22/h9-10,13,17-18H,3-8,11H2,1-2H3,(H,20,23). The second-order valence-corrected chi connectivity index (χ2v) is 6.33. The molecular weight excluding hydrogens is 292 g/mol. The fraction of sp³-hybridized carbons (Fsp3) is 0.625. The molecule has 0 spiro atoms. The fourth-order valence-electron chi connectivity index (χ4n) is 3.05. The van der Waals surface area contributed by atoms with Gasteiger partial charge in [0.25, 0.3) is 0 Å². The van der Waals surface area contributed by atoms with Crippen molar-refractivity contribution < 1.29 is 4.79 Å². The summed E-state index contributed by atoms with van der Waals surface area (Å²) < 4.78 is 0. The van der Waals surface area contributed by atoms with Crippen molar-refractivity contribution in [3.05, 3.63) is 17.8 Å². The predicted molar refractivity (Wildman–Crippen MR) is 92.1 cm³/mol. The van der Waals surface area contributed by atoms with Crippen LogP contribution in [0.1, 0.15) is 12.5 Å². The smallest absolute Gasteiger partial charge is 0.321 e. The van der Waals surface area contributed by atoms with E-state index in [0.29, 0.717) is 6.04 Å². The van der Waals surface area contributed by atoms with Crippen LogP contribution in [0, 0.1) is 6.92 Å². The third-order valence-corrected chi connectivity index (χ3v) is 4.43. The van der Waals surface area contributed by atoms with Crippen molar-refractivity contribution in [2.45, 2.75) is 19.9 Å². The average molecular weight is 318 g/mol. The monoisotopic (exact) mass is 318 g/mol. The van der Waals surface area contributed by atoms with Crippen molar-refractivity contribution in [2.24, 2.45) is 0 Å². The van der Waals surface area contributed by atoms with Crippen LogP contribution in [0.4, 0.5) is 16.3 Å². The van der Waals surface area contributed by atoms with Gasteiger partial charge >= 0.3 is 6.03 Å². The molecule has 2 saturated heterocycles. The first-order valence-corrected chi connectivity index (χ1v) is 8.35. The molecule has 2 fully saturated rings. The highest BCUT2D eigenvalue weighted by Crippen LogP contribution is 2.20. The summed E-state index contributed by atoms with van der Waals surface area (Å²) in [6.45, 7) is 10.3. The minimum atomic E-state index is -0.0434. The molecule has 1 aromatic heterocycles. The van der Waals surface area contributed by atoms with Gasteiger partial charge < -0.3 is 25.8 Å². The Bertz CT molecular complexity index is 558. The number of aryl methyl sites for hydroxylation is 1. The SMILES string of the molecule is Cc1cc(N2CCNCC2)ncc1NC(=O)N1CCNC(C)C1. The van der Waals surface area contributed by atoms with Crippen molar-refractivity contribution in [1.82, 2.24) is 20.5 Å². The van der Waals surface area contributed by atoms with Crippen LogP contribution in [0.5, 0.6) is 0 Å². The summed E-state index contributed by atoms with van der Waals surface area (Å²) in [5, 5.41) is 9.68. The minimum absolute atomic E-state index is 0.0434. The number of carbonyl (C=O) groups excluding carboxylic acids is 1. The van der Waals surface area contributed by atoms with E-state index in [-0.39, 0.29) is 6.03 Å². The van der Waals surface area contributed by atoms with Crippen LogP contribution in [0.3, 0.4) is 0 Å². The second-order valence-electron chi connectivity index (χ2n) is 6.33. The number of nitrogens with one attached hydrogen (secondary N) is 3. The summed E-state index contributed by atoms with van der Waals surface area (Å²) in [5.74, 6) is 0.984. The van der Waals surface area contributed by atoms with Crippen LogP contribution in [0.25, 0.3) is 0 Å². The molecule has 1 atom stereocenters. The number of anilines is 2. The highest BCUT2D eigenvalue weighted by molar-refractivity contribution is 5.90. The van der Waals surface area contributed by atoms with Gasteiger partial charge in [0.2, 0.25) is 0 Å². The minimum Gasteiger partial charge on any atom is -0.354 e. The Morgan fingerprint density at radius 1 is 1.30 bits per heavy atom. The molecule has 1 aromatic rings. The summed E-state index contributed by atoms with van der Waals surface area (Å²) in [6, 6.07) is 2.35. The van der Waals surface area contributed by atoms with Gasteiger partial charge in [0.05, 0.1) is 11.9 Å². The maximum absolute atomic E-state index is 12.4. The molecule has 7 nitrogen and oxygen atoms in total. The molecule has 3 heterocycles. The number of hydrogen-bond donors (Lipinski definition) is 3. The summed E-state index contributed by atoms with van der Waals surface area (Å²) in [6.07, 6.45) is 1.77. The van der Waals surface area contributed by atoms with E-state index >= 15 is 0 Å². The lowest BCUT2D eigenvalue weighted by molar-refractivity contribution is 0.192. The summed E-state index contributed by atoms with van der Waals surface area (Å²) >= 11 is 0. The maximum atomic E-state index is 12.4. The molecule has 2 aliphatic rings. The van der Waals surface area contributed by atoms with Gasteiger partial charge in [-0.15, -0.1) is 0 Å². The topological polar surface area (TPSA) is 72.5 Å². The molecular formula is C16H26N6O. The van der Waals surface area contributed by atoms with Crippen molar-refractivity contribution in [3.8, 4) is 0 Å². The summed E-state index contributed by atoms with van der Waals surface area (Å²) in [4.78, 5) is 21.0. The third-order valence-electron chi connectivity index (χ3n) is 4.43. The summed E-state index contributed by atoms with van der Waals surface area (Å²) in [7, 11) is 0. The number of rotatable bonds is 2. The highest BCUT2D eigenvalue weighted by atomic mass is 16.2. The second kappa shape index (κ2) is 7.14. The first-order chi connectivity index (χ1) is 11.1. The van der Waals surface area contributed by atoms with E-state index in [0.717, 1.165) is 62.9 Å². The van der Waals surface area contributed by atoms with Gasteiger partial charge in [0, 0.05) is 51.9 Å². The molecule has 0 radical (unpaired) electrons. The maximum Gasteiger partial charge on any atom is 0.321 e. The molecule has 3 N–H and O–H groups in total. The van der Waals surface area contributed by atoms with E-state index < -0.39 is 0 Å². The van der Waals surface area contributed by atoms with Crippen LogP contribution < -0.4 is 20.9 Å². The van der Waals surface area contributed by atoms with E-state index in [1.807, 2.05) is 11.8 Å². The molecule has 2 aliphatic heterocycles. The van der Waals surface area contributed by atoms with E-state index in [2.05, 4.69) is 38.8 Å². The lowest BCUT2D eigenvalue weighted by atomic mass is 10.2. The van der Waals surface area contributed by atoms with Crippen molar-refractivity contribution in [1.29, 1.82) is 0 Å². The van der Waals surface area contributed by atoms with Gasteiger partial charge in [-0.1, -0.05) is 0 Å². The molecule has 0 bridgehead atoms. The van der Waals surface area contributed by atoms with E-state index in [1.54, 1.807) is 6.20 Å². The first kappa shape index (κ1) is 16.0. The average Bonchev–Trinajstić information content (AvgIpc) is 2.57. The van der Waals surface area contributed by atoms with Gasteiger partial charge in [-0.2, -0.15) is 0 Å². The normalized spacial score (nSPS) is 22.1. The molecule has 7 heteroatoms.